The molecule has 19 heavy (non-hydrogen) atoms. The number of carbonyl (C=O) groups excluding carboxylic acids is 1. The second-order valence-corrected chi connectivity index (χ2v) is 4.60. The molecule has 0 aliphatic rings. The number of methoxy groups -OCH3 is 2. The third-order valence-electron chi connectivity index (χ3n) is 2.49. The van der Waals surface area contributed by atoms with E-state index < -0.39 is 0 Å². The Morgan fingerprint density at radius 3 is 2.68 bits per heavy atom. The van der Waals surface area contributed by atoms with E-state index in [9.17, 15) is 4.79 Å². The molecular weight excluding hydrogens is 266 g/mol. The molecule has 1 heterocycles. The zero-order chi connectivity index (χ0) is 13.8. The number of aromatic nitrogens is 1. The van der Waals surface area contributed by atoms with Gasteiger partial charge in [0.2, 0.25) is 0 Å². The van der Waals surface area contributed by atoms with Crippen molar-refractivity contribution in [2.75, 3.05) is 14.2 Å². The first-order chi connectivity index (χ1) is 9.19. The highest BCUT2D eigenvalue weighted by atomic mass is 32.1. The van der Waals surface area contributed by atoms with Crippen molar-refractivity contribution in [1.29, 1.82) is 0 Å². The van der Waals surface area contributed by atoms with Gasteiger partial charge < -0.3 is 9.47 Å². The molecule has 0 spiro atoms. The molecule has 0 saturated heterocycles. The van der Waals surface area contributed by atoms with Crippen LogP contribution in [0.25, 0.3) is 10.6 Å². The van der Waals surface area contributed by atoms with Crippen LogP contribution < -0.4 is 20.7 Å². The van der Waals surface area contributed by atoms with E-state index >= 15 is 0 Å². The maximum Gasteiger partial charge on any atom is 0.276 e. The Labute approximate surface area is 114 Å². The first-order valence-electron chi connectivity index (χ1n) is 5.38. The van der Waals surface area contributed by atoms with Crippen LogP contribution in [0.2, 0.25) is 0 Å². The normalized spacial score (nSPS) is 10.1. The van der Waals surface area contributed by atoms with Gasteiger partial charge in [0.05, 0.1) is 20.4 Å². The molecule has 2 rings (SSSR count). The molecule has 0 atom stereocenters. The Morgan fingerprint density at radius 2 is 2.05 bits per heavy atom. The quantitative estimate of drug-likeness (QED) is 0.502. The van der Waals surface area contributed by atoms with Crippen molar-refractivity contribution in [1.82, 2.24) is 10.4 Å². The summed E-state index contributed by atoms with van der Waals surface area (Å²) in [6.07, 6.45) is 1.49. The fourth-order valence-electron chi connectivity index (χ4n) is 1.55. The molecular formula is C12H13N3O3S. The summed E-state index contributed by atoms with van der Waals surface area (Å²) in [5.41, 5.74) is 2.92. The van der Waals surface area contributed by atoms with Gasteiger partial charge in [0.25, 0.3) is 5.91 Å². The number of hydrazine groups is 1. The summed E-state index contributed by atoms with van der Waals surface area (Å²) in [6, 6.07) is 5.45. The molecule has 1 aromatic heterocycles. The van der Waals surface area contributed by atoms with Crippen LogP contribution in [-0.4, -0.2) is 25.1 Å². The van der Waals surface area contributed by atoms with Crippen molar-refractivity contribution in [3.05, 3.63) is 29.3 Å². The van der Waals surface area contributed by atoms with Crippen LogP contribution in [0.1, 0.15) is 9.67 Å². The highest BCUT2D eigenvalue weighted by Gasteiger charge is 2.12. The van der Waals surface area contributed by atoms with Crippen molar-refractivity contribution < 1.29 is 14.3 Å². The minimum absolute atomic E-state index is 0.357. The molecule has 100 valence electrons. The standard InChI is InChI=1S/C12H13N3O3S/c1-17-8-4-3-7(5-9(8)18-2)12-14-6-10(19-12)11(16)15-13/h3-6H,13H2,1-2H3,(H,15,16). The average Bonchev–Trinajstić information content (AvgIpc) is 2.95. The summed E-state index contributed by atoms with van der Waals surface area (Å²) in [4.78, 5) is 16.0. The first kappa shape index (κ1) is 13.3. The average molecular weight is 279 g/mol. The van der Waals surface area contributed by atoms with Crippen LogP contribution in [0.3, 0.4) is 0 Å². The topological polar surface area (TPSA) is 86.5 Å². The number of benzene rings is 1. The van der Waals surface area contributed by atoms with Gasteiger partial charge in [-0.25, -0.2) is 10.8 Å². The molecule has 2 aromatic rings. The number of nitrogen functional groups attached to an aromatic ring is 1. The number of rotatable bonds is 4. The summed E-state index contributed by atoms with van der Waals surface area (Å²) in [6.45, 7) is 0. The molecule has 0 aliphatic carbocycles. The maximum atomic E-state index is 11.4. The van der Waals surface area contributed by atoms with Crippen LogP contribution in [0.5, 0.6) is 11.5 Å². The van der Waals surface area contributed by atoms with E-state index in [4.69, 9.17) is 15.3 Å². The van der Waals surface area contributed by atoms with Gasteiger partial charge in [0, 0.05) is 5.56 Å². The number of nitrogens with one attached hydrogen (secondary N) is 1. The molecule has 1 aromatic carbocycles. The number of hydrogen-bond acceptors (Lipinski definition) is 6. The molecule has 0 bridgehead atoms. The van der Waals surface area contributed by atoms with E-state index in [0.29, 0.717) is 21.4 Å². The minimum atomic E-state index is -0.357. The Bertz CT molecular complexity index is 598. The predicted octanol–water partition coefficient (Wildman–Crippen LogP) is 1.43. The molecule has 0 aliphatic heterocycles. The Kier molecular flexibility index (Phi) is 3.98. The number of ether oxygens (including phenoxy) is 2. The van der Waals surface area contributed by atoms with Crippen molar-refractivity contribution >= 4 is 17.2 Å². The van der Waals surface area contributed by atoms with Gasteiger partial charge in [-0.3, -0.25) is 10.2 Å². The molecule has 0 saturated carbocycles. The first-order valence-corrected chi connectivity index (χ1v) is 6.20. The number of nitrogens with zero attached hydrogens (tertiary/aromatic N) is 1. The monoisotopic (exact) mass is 279 g/mol. The zero-order valence-electron chi connectivity index (χ0n) is 10.5. The molecule has 0 radical (unpaired) electrons. The van der Waals surface area contributed by atoms with E-state index in [-0.39, 0.29) is 5.91 Å². The lowest BCUT2D eigenvalue weighted by atomic mass is 10.2. The van der Waals surface area contributed by atoms with Gasteiger partial charge in [0.1, 0.15) is 9.88 Å². The summed E-state index contributed by atoms with van der Waals surface area (Å²) >= 11 is 1.25. The van der Waals surface area contributed by atoms with Crippen LogP contribution in [0, 0.1) is 0 Å². The summed E-state index contributed by atoms with van der Waals surface area (Å²) in [5.74, 6) is 5.97. The third-order valence-corrected chi connectivity index (χ3v) is 3.54. The Morgan fingerprint density at radius 1 is 1.32 bits per heavy atom. The van der Waals surface area contributed by atoms with Gasteiger partial charge >= 0.3 is 0 Å². The number of nitrogens with two attached hydrogens (primary N) is 1. The van der Waals surface area contributed by atoms with Crippen LogP contribution in [-0.2, 0) is 0 Å². The lowest BCUT2D eigenvalue weighted by Crippen LogP contribution is -2.29. The lowest BCUT2D eigenvalue weighted by molar-refractivity contribution is 0.0957. The van der Waals surface area contributed by atoms with E-state index in [0.717, 1.165) is 5.56 Å². The number of thiazole rings is 1. The van der Waals surface area contributed by atoms with Crippen molar-refractivity contribution in [3.63, 3.8) is 0 Å². The van der Waals surface area contributed by atoms with Crippen molar-refractivity contribution in [3.8, 4) is 22.1 Å². The van der Waals surface area contributed by atoms with Crippen LogP contribution >= 0.6 is 11.3 Å². The molecule has 1 amide bonds. The fraction of sp³-hybridized carbons (Fsp3) is 0.167. The summed E-state index contributed by atoms with van der Waals surface area (Å²) in [5, 5.41) is 0.708. The van der Waals surface area contributed by atoms with E-state index in [1.165, 1.54) is 17.5 Å². The van der Waals surface area contributed by atoms with Crippen LogP contribution in [0.4, 0.5) is 0 Å². The Hall–Kier alpha value is -2.12. The maximum absolute atomic E-state index is 11.4. The van der Waals surface area contributed by atoms with Crippen molar-refractivity contribution in [2.24, 2.45) is 5.84 Å². The number of hydrogen-bond donors (Lipinski definition) is 2. The molecule has 7 heteroatoms. The second-order valence-electron chi connectivity index (χ2n) is 3.57. The van der Waals surface area contributed by atoms with Gasteiger partial charge in [0.15, 0.2) is 11.5 Å². The molecule has 0 unspecified atom stereocenters. The van der Waals surface area contributed by atoms with Crippen molar-refractivity contribution in [2.45, 2.75) is 0 Å². The molecule has 6 nitrogen and oxygen atoms in total. The zero-order valence-corrected chi connectivity index (χ0v) is 11.3. The van der Waals surface area contributed by atoms with E-state index in [1.54, 1.807) is 20.3 Å². The second kappa shape index (κ2) is 5.68. The predicted molar refractivity (Wildman–Crippen MR) is 72.3 cm³/mol. The summed E-state index contributed by atoms with van der Waals surface area (Å²) < 4.78 is 10.4. The Balaban J connectivity index is 2.36. The fourth-order valence-corrected chi connectivity index (χ4v) is 2.37. The number of carbonyl (C=O) groups is 1. The molecule has 3 N–H and O–H groups in total. The number of amides is 1. The SMILES string of the molecule is COc1ccc(-c2ncc(C(=O)NN)s2)cc1OC. The van der Waals surface area contributed by atoms with Crippen LogP contribution in [0.15, 0.2) is 24.4 Å². The third kappa shape index (κ3) is 2.67. The largest absolute Gasteiger partial charge is 0.493 e. The lowest BCUT2D eigenvalue weighted by Gasteiger charge is -2.08. The van der Waals surface area contributed by atoms with Gasteiger partial charge in [-0.1, -0.05) is 0 Å². The van der Waals surface area contributed by atoms with E-state index in [1.807, 2.05) is 12.1 Å². The van der Waals surface area contributed by atoms with E-state index in [2.05, 4.69) is 10.4 Å². The van der Waals surface area contributed by atoms with Gasteiger partial charge in [-0.15, -0.1) is 11.3 Å². The highest BCUT2D eigenvalue weighted by Crippen LogP contribution is 2.33. The summed E-state index contributed by atoms with van der Waals surface area (Å²) in [7, 11) is 3.14. The van der Waals surface area contributed by atoms with Gasteiger partial charge in [-0.2, -0.15) is 0 Å². The highest BCUT2D eigenvalue weighted by molar-refractivity contribution is 7.16. The molecule has 0 fully saturated rings. The van der Waals surface area contributed by atoms with Gasteiger partial charge in [-0.05, 0) is 18.2 Å². The smallest absolute Gasteiger partial charge is 0.276 e. The minimum Gasteiger partial charge on any atom is -0.493 e.